The predicted octanol–water partition coefficient (Wildman–Crippen LogP) is 2.39. The summed E-state index contributed by atoms with van der Waals surface area (Å²) in [6.45, 7) is 3.05. The highest BCUT2D eigenvalue weighted by atomic mass is 16.7. The molecule has 6 nitrogen and oxygen atoms in total. The number of carbonyl (C=O) groups excluding carboxylic acids is 2. The number of fused-ring (bicyclic) bond motifs is 1. The number of nitrogens with zero attached hydrogens (tertiary/aromatic N) is 1. The molecule has 1 saturated heterocycles. The van der Waals surface area contributed by atoms with E-state index in [0.717, 1.165) is 16.8 Å². The number of hydrogen-bond acceptors (Lipinski definition) is 4. The van der Waals surface area contributed by atoms with Crippen LogP contribution >= 0.6 is 0 Å². The van der Waals surface area contributed by atoms with Crippen LogP contribution in [-0.2, 0) is 16.1 Å². The Bertz CT molecular complexity index is 865. The minimum absolute atomic E-state index is 0.0556. The molecule has 0 spiro atoms. The van der Waals surface area contributed by atoms with Crippen molar-refractivity contribution in [1.29, 1.82) is 0 Å². The topological polar surface area (TPSA) is 67.9 Å². The first-order chi connectivity index (χ1) is 12.6. The summed E-state index contributed by atoms with van der Waals surface area (Å²) in [6.07, 6.45) is 0.216. The largest absolute Gasteiger partial charge is 0.454 e. The summed E-state index contributed by atoms with van der Waals surface area (Å²) >= 11 is 0. The fraction of sp³-hybridized carbons (Fsp3) is 0.300. The maximum atomic E-state index is 12.5. The Kier molecular flexibility index (Phi) is 4.24. The van der Waals surface area contributed by atoms with E-state index in [2.05, 4.69) is 5.32 Å². The molecule has 2 aromatic rings. The van der Waals surface area contributed by atoms with Gasteiger partial charge in [-0.3, -0.25) is 9.59 Å². The third kappa shape index (κ3) is 3.10. The number of nitrogens with one attached hydrogen (secondary N) is 1. The van der Waals surface area contributed by atoms with Gasteiger partial charge in [-0.05, 0) is 30.2 Å². The molecule has 2 aromatic carbocycles. The number of anilines is 1. The zero-order valence-electron chi connectivity index (χ0n) is 14.5. The molecule has 6 heteroatoms. The molecule has 0 bridgehead atoms. The highest BCUT2D eigenvalue weighted by Crippen LogP contribution is 2.37. The fourth-order valence-corrected chi connectivity index (χ4v) is 3.32. The van der Waals surface area contributed by atoms with Crippen LogP contribution in [0.4, 0.5) is 5.69 Å². The molecule has 0 radical (unpaired) electrons. The minimum Gasteiger partial charge on any atom is -0.454 e. The lowest BCUT2D eigenvalue weighted by atomic mass is 10.1. The number of rotatable bonds is 4. The molecule has 1 N–H and O–H groups in total. The van der Waals surface area contributed by atoms with Gasteiger partial charge in [-0.25, -0.2) is 0 Å². The van der Waals surface area contributed by atoms with Gasteiger partial charge >= 0.3 is 0 Å². The monoisotopic (exact) mass is 352 g/mol. The van der Waals surface area contributed by atoms with E-state index in [9.17, 15) is 9.59 Å². The lowest BCUT2D eigenvalue weighted by Crippen LogP contribution is -2.32. The van der Waals surface area contributed by atoms with Gasteiger partial charge in [0.2, 0.25) is 18.6 Å². The van der Waals surface area contributed by atoms with Crippen LogP contribution in [-0.4, -0.2) is 25.2 Å². The van der Waals surface area contributed by atoms with Crippen molar-refractivity contribution in [3.63, 3.8) is 0 Å². The van der Waals surface area contributed by atoms with Gasteiger partial charge in [0.25, 0.3) is 0 Å². The zero-order valence-corrected chi connectivity index (χ0v) is 14.5. The summed E-state index contributed by atoms with van der Waals surface area (Å²) in [5, 5.41) is 2.95. The van der Waals surface area contributed by atoms with Crippen LogP contribution in [0.5, 0.6) is 11.5 Å². The van der Waals surface area contributed by atoms with E-state index in [-0.39, 0.29) is 30.9 Å². The average Bonchev–Trinajstić information content (AvgIpc) is 3.26. The SMILES string of the molecule is Cc1ccccc1CNC(=O)C1CC(=O)N(c2ccc3c(c2)OCO3)C1. The van der Waals surface area contributed by atoms with Crippen molar-refractivity contribution in [2.75, 3.05) is 18.2 Å². The highest BCUT2D eigenvalue weighted by molar-refractivity contribution is 6.00. The normalized spacial score (nSPS) is 18.3. The van der Waals surface area contributed by atoms with Gasteiger partial charge < -0.3 is 19.7 Å². The van der Waals surface area contributed by atoms with Gasteiger partial charge in [-0.2, -0.15) is 0 Å². The van der Waals surface area contributed by atoms with E-state index in [4.69, 9.17) is 9.47 Å². The zero-order chi connectivity index (χ0) is 18.1. The molecule has 4 rings (SSSR count). The summed E-state index contributed by atoms with van der Waals surface area (Å²) in [5.74, 6) is 0.803. The molecule has 0 aliphatic carbocycles. The molecule has 0 aromatic heterocycles. The van der Waals surface area contributed by atoms with Gasteiger partial charge in [0.1, 0.15) is 0 Å². The first-order valence-corrected chi connectivity index (χ1v) is 8.64. The van der Waals surface area contributed by atoms with E-state index in [0.29, 0.717) is 24.6 Å². The Labute approximate surface area is 151 Å². The van der Waals surface area contributed by atoms with Crippen LogP contribution in [0, 0.1) is 12.8 Å². The maximum absolute atomic E-state index is 12.5. The van der Waals surface area contributed by atoms with Crippen molar-refractivity contribution < 1.29 is 19.1 Å². The van der Waals surface area contributed by atoms with E-state index >= 15 is 0 Å². The smallest absolute Gasteiger partial charge is 0.231 e. The Morgan fingerprint density at radius 1 is 1.19 bits per heavy atom. The molecule has 2 aliphatic heterocycles. The van der Waals surface area contributed by atoms with Crippen LogP contribution in [0.25, 0.3) is 0 Å². The predicted molar refractivity (Wildman–Crippen MR) is 96.1 cm³/mol. The number of aryl methyl sites for hydroxylation is 1. The first kappa shape index (κ1) is 16.4. The number of ether oxygens (including phenoxy) is 2. The second-order valence-corrected chi connectivity index (χ2v) is 6.59. The number of carbonyl (C=O) groups is 2. The van der Waals surface area contributed by atoms with Gasteiger partial charge in [0, 0.05) is 31.3 Å². The summed E-state index contributed by atoms with van der Waals surface area (Å²) in [7, 11) is 0. The molecule has 1 fully saturated rings. The van der Waals surface area contributed by atoms with Gasteiger partial charge in [-0.1, -0.05) is 24.3 Å². The molecular formula is C20H20N2O4. The Balaban J connectivity index is 1.41. The third-order valence-corrected chi connectivity index (χ3v) is 4.88. The highest BCUT2D eigenvalue weighted by Gasteiger charge is 2.35. The van der Waals surface area contributed by atoms with Crippen molar-refractivity contribution in [1.82, 2.24) is 5.32 Å². The van der Waals surface area contributed by atoms with Crippen LogP contribution in [0.1, 0.15) is 17.5 Å². The summed E-state index contributed by atoms with van der Waals surface area (Å²) in [4.78, 5) is 26.5. The van der Waals surface area contributed by atoms with E-state index in [1.54, 1.807) is 17.0 Å². The third-order valence-electron chi connectivity index (χ3n) is 4.88. The summed E-state index contributed by atoms with van der Waals surface area (Å²) in [5.41, 5.74) is 2.95. The molecule has 2 heterocycles. The summed E-state index contributed by atoms with van der Waals surface area (Å²) < 4.78 is 10.7. The number of hydrogen-bond donors (Lipinski definition) is 1. The van der Waals surface area contributed by atoms with Gasteiger partial charge in [0.05, 0.1) is 5.92 Å². The summed E-state index contributed by atoms with van der Waals surface area (Å²) in [6, 6.07) is 13.3. The molecule has 134 valence electrons. The molecular weight excluding hydrogens is 332 g/mol. The number of benzene rings is 2. The Hall–Kier alpha value is -3.02. The lowest BCUT2D eigenvalue weighted by Gasteiger charge is -2.17. The van der Waals surface area contributed by atoms with Crippen molar-refractivity contribution in [3.8, 4) is 11.5 Å². The molecule has 2 aliphatic rings. The molecule has 2 amide bonds. The van der Waals surface area contributed by atoms with Crippen LogP contribution in [0.15, 0.2) is 42.5 Å². The standard InChI is InChI=1S/C20H20N2O4/c1-13-4-2-3-5-14(13)10-21-20(24)15-8-19(23)22(11-15)16-6-7-17-18(9-16)26-12-25-17/h2-7,9,15H,8,10-12H2,1H3,(H,21,24). The van der Waals surface area contributed by atoms with E-state index in [1.165, 1.54) is 0 Å². The van der Waals surface area contributed by atoms with Gasteiger partial charge in [-0.15, -0.1) is 0 Å². The fourth-order valence-electron chi connectivity index (χ4n) is 3.32. The van der Waals surface area contributed by atoms with Crippen molar-refractivity contribution in [2.24, 2.45) is 5.92 Å². The van der Waals surface area contributed by atoms with E-state index < -0.39 is 0 Å². The second kappa shape index (κ2) is 6.71. The molecule has 26 heavy (non-hydrogen) atoms. The Morgan fingerprint density at radius 2 is 2.00 bits per heavy atom. The van der Waals surface area contributed by atoms with Crippen LogP contribution in [0.3, 0.4) is 0 Å². The average molecular weight is 352 g/mol. The lowest BCUT2D eigenvalue weighted by molar-refractivity contribution is -0.126. The van der Waals surface area contributed by atoms with Crippen molar-refractivity contribution >= 4 is 17.5 Å². The van der Waals surface area contributed by atoms with Crippen LogP contribution in [0.2, 0.25) is 0 Å². The van der Waals surface area contributed by atoms with Gasteiger partial charge in [0.15, 0.2) is 11.5 Å². The Morgan fingerprint density at radius 3 is 2.85 bits per heavy atom. The molecule has 1 unspecified atom stereocenters. The maximum Gasteiger partial charge on any atom is 0.231 e. The van der Waals surface area contributed by atoms with Crippen molar-refractivity contribution in [3.05, 3.63) is 53.6 Å². The second-order valence-electron chi connectivity index (χ2n) is 6.59. The number of amides is 2. The van der Waals surface area contributed by atoms with Crippen LogP contribution < -0.4 is 19.7 Å². The minimum atomic E-state index is -0.350. The van der Waals surface area contributed by atoms with E-state index in [1.807, 2.05) is 37.3 Å². The first-order valence-electron chi connectivity index (χ1n) is 8.64. The molecule has 0 saturated carbocycles. The quantitative estimate of drug-likeness (QED) is 0.917. The van der Waals surface area contributed by atoms with Crippen molar-refractivity contribution in [2.45, 2.75) is 19.9 Å². The molecule has 1 atom stereocenters.